The Morgan fingerprint density at radius 1 is 1.21 bits per heavy atom. The molecule has 1 aromatic rings. The van der Waals surface area contributed by atoms with Gasteiger partial charge >= 0.3 is 0 Å². The van der Waals surface area contributed by atoms with Crippen molar-refractivity contribution in [3.8, 4) is 0 Å². The lowest BCUT2D eigenvalue weighted by Gasteiger charge is -2.26. The van der Waals surface area contributed by atoms with Crippen molar-refractivity contribution in [3.63, 3.8) is 0 Å². The van der Waals surface area contributed by atoms with E-state index in [0.29, 0.717) is 18.2 Å². The van der Waals surface area contributed by atoms with E-state index in [2.05, 4.69) is 10.6 Å². The monoisotopic (exact) mass is 268 g/mol. The minimum absolute atomic E-state index is 0.350. The van der Waals surface area contributed by atoms with E-state index in [-0.39, 0.29) is 5.41 Å². The molecule has 2 nitrogen and oxygen atoms in total. The molecule has 0 aromatic heterocycles. The molecule has 0 amide bonds. The quantitative estimate of drug-likeness (QED) is 0.743. The second-order valence-electron chi connectivity index (χ2n) is 5.91. The van der Waals surface area contributed by atoms with Crippen LogP contribution in [-0.4, -0.2) is 25.7 Å². The average molecular weight is 268 g/mol. The van der Waals surface area contributed by atoms with Gasteiger partial charge < -0.3 is 10.6 Å². The topological polar surface area (TPSA) is 24.1 Å². The van der Waals surface area contributed by atoms with E-state index < -0.39 is 11.6 Å². The molecule has 0 saturated heterocycles. The summed E-state index contributed by atoms with van der Waals surface area (Å²) in [5, 5.41) is 6.74. The van der Waals surface area contributed by atoms with Gasteiger partial charge in [-0.25, -0.2) is 8.78 Å². The highest BCUT2D eigenvalue weighted by molar-refractivity contribution is 5.26. The van der Waals surface area contributed by atoms with Crippen LogP contribution in [0.25, 0.3) is 0 Å². The minimum Gasteiger partial charge on any atom is -0.315 e. The fraction of sp³-hybridized carbons (Fsp3) is 0.600. The van der Waals surface area contributed by atoms with Crippen LogP contribution in [0, 0.1) is 11.6 Å². The van der Waals surface area contributed by atoms with Crippen LogP contribution in [0.15, 0.2) is 18.2 Å². The molecule has 0 atom stereocenters. The third kappa shape index (κ3) is 4.25. The average Bonchev–Trinajstić information content (AvgIpc) is 3.11. The van der Waals surface area contributed by atoms with Crippen molar-refractivity contribution in [1.82, 2.24) is 10.6 Å². The van der Waals surface area contributed by atoms with Crippen LogP contribution in [0.3, 0.4) is 0 Å². The maximum Gasteiger partial charge on any atom is 0.129 e. The van der Waals surface area contributed by atoms with Gasteiger partial charge in [-0.05, 0) is 24.5 Å². The van der Waals surface area contributed by atoms with Gasteiger partial charge in [-0.15, -0.1) is 0 Å². The summed E-state index contributed by atoms with van der Waals surface area (Å²) < 4.78 is 26.7. The molecule has 1 aliphatic rings. The number of rotatable bonds is 7. The Labute approximate surface area is 113 Å². The lowest BCUT2D eigenvalue weighted by atomic mass is 9.84. The minimum atomic E-state index is -0.529. The molecule has 106 valence electrons. The first-order valence-corrected chi connectivity index (χ1v) is 6.89. The highest BCUT2D eigenvalue weighted by atomic mass is 19.1. The lowest BCUT2D eigenvalue weighted by Crippen LogP contribution is -2.37. The first-order chi connectivity index (χ1) is 8.99. The molecule has 19 heavy (non-hydrogen) atoms. The van der Waals surface area contributed by atoms with Crippen molar-refractivity contribution < 1.29 is 8.78 Å². The van der Waals surface area contributed by atoms with E-state index in [9.17, 15) is 8.78 Å². The predicted molar refractivity (Wildman–Crippen MR) is 73.3 cm³/mol. The maximum atomic E-state index is 13.8. The van der Waals surface area contributed by atoms with Crippen molar-refractivity contribution in [2.45, 2.75) is 38.1 Å². The molecule has 1 fully saturated rings. The van der Waals surface area contributed by atoms with E-state index in [1.165, 1.54) is 25.0 Å². The summed E-state index contributed by atoms with van der Waals surface area (Å²) in [6, 6.07) is 4.51. The number of hydrogen-bond donors (Lipinski definition) is 2. The zero-order valence-corrected chi connectivity index (χ0v) is 11.6. The highest BCUT2D eigenvalue weighted by Crippen LogP contribution is 2.25. The normalized spacial score (nSPS) is 15.8. The Hall–Kier alpha value is -1.00. The van der Waals surface area contributed by atoms with Gasteiger partial charge in [-0.3, -0.25) is 0 Å². The summed E-state index contributed by atoms with van der Waals surface area (Å²) in [6.07, 6.45) is 2.57. The van der Waals surface area contributed by atoms with Crippen molar-refractivity contribution in [3.05, 3.63) is 35.4 Å². The standard InChI is InChI=1S/C15H22F2N2/c1-15(2,10-18-7-8-19-12-4-5-12)13-6-3-11(16)9-14(13)17/h3,6,9,12,18-19H,4-5,7-8,10H2,1-2H3. The molecule has 0 aliphatic heterocycles. The first-order valence-electron chi connectivity index (χ1n) is 6.89. The van der Waals surface area contributed by atoms with E-state index in [0.717, 1.165) is 19.2 Å². The van der Waals surface area contributed by atoms with E-state index >= 15 is 0 Å². The lowest BCUT2D eigenvalue weighted by molar-refractivity contribution is 0.439. The molecule has 4 heteroatoms. The van der Waals surface area contributed by atoms with Gasteiger partial charge in [0.1, 0.15) is 11.6 Å². The molecule has 2 N–H and O–H groups in total. The Morgan fingerprint density at radius 3 is 2.58 bits per heavy atom. The molecule has 0 radical (unpaired) electrons. The van der Waals surface area contributed by atoms with E-state index in [1.54, 1.807) is 0 Å². The fourth-order valence-corrected chi connectivity index (χ4v) is 2.19. The zero-order valence-electron chi connectivity index (χ0n) is 11.6. The van der Waals surface area contributed by atoms with Gasteiger partial charge in [0.25, 0.3) is 0 Å². The largest absolute Gasteiger partial charge is 0.315 e. The summed E-state index contributed by atoms with van der Waals surface area (Å²) in [6.45, 7) is 6.40. The summed E-state index contributed by atoms with van der Waals surface area (Å²) >= 11 is 0. The number of hydrogen-bond acceptors (Lipinski definition) is 2. The van der Waals surface area contributed by atoms with Crippen molar-refractivity contribution in [1.29, 1.82) is 0 Å². The van der Waals surface area contributed by atoms with Crippen LogP contribution in [0.2, 0.25) is 0 Å². The van der Waals surface area contributed by atoms with Gasteiger partial charge in [-0.1, -0.05) is 19.9 Å². The molecule has 1 saturated carbocycles. The molecule has 0 unspecified atom stereocenters. The molecule has 0 heterocycles. The molecule has 1 aromatic carbocycles. The van der Waals surface area contributed by atoms with Gasteiger partial charge in [0.2, 0.25) is 0 Å². The van der Waals surface area contributed by atoms with E-state index in [4.69, 9.17) is 0 Å². The predicted octanol–water partition coefficient (Wildman–Crippen LogP) is 2.58. The summed E-state index contributed by atoms with van der Waals surface area (Å²) in [4.78, 5) is 0. The van der Waals surface area contributed by atoms with Gasteiger partial charge in [0.15, 0.2) is 0 Å². The van der Waals surface area contributed by atoms with Crippen LogP contribution in [0.1, 0.15) is 32.3 Å². The second-order valence-corrected chi connectivity index (χ2v) is 5.91. The van der Waals surface area contributed by atoms with Crippen molar-refractivity contribution >= 4 is 0 Å². The number of benzene rings is 1. The van der Waals surface area contributed by atoms with Gasteiger partial charge in [-0.2, -0.15) is 0 Å². The maximum absolute atomic E-state index is 13.8. The molecule has 1 aliphatic carbocycles. The second kappa shape index (κ2) is 5.97. The van der Waals surface area contributed by atoms with Crippen LogP contribution >= 0.6 is 0 Å². The Morgan fingerprint density at radius 2 is 1.95 bits per heavy atom. The Kier molecular flexibility index (Phi) is 4.53. The summed E-state index contributed by atoms with van der Waals surface area (Å²) in [7, 11) is 0. The van der Waals surface area contributed by atoms with Crippen LogP contribution < -0.4 is 10.6 Å². The van der Waals surface area contributed by atoms with Crippen molar-refractivity contribution in [2.75, 3.05) is 19.6 Å². The number of halogens is 2. The first kappa shape index (κ1) is 14.4. The molecular formula is C15H22F2N2. The van der Waals surface area contributed by atoms with Gasteiger partial charge in [0.05, 0.1) is 0 Å². The van der Waals surface area contributed by atoms with Crippen LogP contribution in [0.4, 0.5) is 8.78 Å². The van der Waals surface area contributed by atoms with Crippen LogP contribution in [0.5, 0.6) is 0 Å². The van der Waals surface area contributed by atoms with Crippen molar-refractivity contribution in [2.24, 2.45) is 0 Å². The Balaban J connectivity index is 1.82. The Bertz CT molecular complexity index is 428. The molecule has 2 rings (SSSR count). The summed E-state index contributed by atoms with van der Waals surface area (Å²) in [5.74, 6) is -0.999. The molecule has 0 spiro atoms. The fourth-order valence-electron chi connectivity index (χ4n) is 2.19. The highest BCUT2D eigenvalue weighted by Gasteiger charge is 2.24. The third-order valence-corrected chi connectivity index (χ3v) is 3.54. The van der Waals surface area contributed by atoms with E-state index in [1.807, 2.05) is 13.8 Å². The van der Waals surface area contributed by atoms with Crippen LogP contribution in [-0.2, 0) is 5.41 Å². The summed E-state index contributed by atoms with van der Waals surface area (Å²) in [5.41, 5.74) is 0.203. The number of nitrogens with one attached hydrogen (secondary N) is 2. The van der Waals surface area contributed by atoms with Gasteiger partial charge in [0, 0.05) is 37.2 Å². The molecular weight excluding hydrogens is 246 g/mol. The SMILES string of the molecule is CC(C)(CNCCNC1CC1)c1ccc(F)cc1F. The zero-order chi connectivity index (χ0) is 13.9. The molecule has 0 bridgehead atoms. The smallest absolute Gasteiger partial charge is 0.129 e. The third-order valence-electron chi connectivity index (χ3n) is 3.54.